The van der Waals surface area contributed by atoms with Gasteiger partial charge in [0.1, 0.15) is 5.82 Å². The Bertz CT molecular complexity index is 837. The molecule has 1 aromatic heterocycles. The fraction of sp³-hybridized carbons (Fsp3) is 0.238. The Morgan fingerprint density at radius 2 is 1.54 bits per heavy atom. The molecule has 1 fully saturated rings. The highest BCUT2D eigenvalue weighted by Crippen LogP contribution is 2.32. The predicted octanol–water partition coefficient (Wildman–Crippen LogP) is 4.90. The maximum atomic E-state index is 12.5. The summed E-state index contributed by atoms with van der Waals surface area (Å²) in [5.41, 5.74) is 3.06. The molecule has 0 saturated heterocycles. The molecule has 1 aliphatic carbocycles. The van der Waals surface area contributed by atoms with Gasteiger partial charge in [-0.05, 0) is 12.8 Å². The van der Waals surface area contributed by atoms with Gasteiger partial charge in [0, 0.05) is 23.7 Å². The third-order valence-corrected chi connectivity index (χ3v) is 4.69. The highest BCUT2D eigenvalue weighted by atomic mass is 16.1. The third kappa shape index (κ3) is 2.78. The van der Waals surface area contributed by atoms with Gasteiger partial charge >= 0.3 is 0 Å². The largest absolute Gasteiger partial charge is 0.320 e. The van der Waals surface area contributed by atoms with Gasteiger partial charge in [-0.25, -0.2) is 4.98 Å². The van der Waals surface area contributed by atoms with Crippen LogP contribution in [0.15, 0.2) is 66.9 Å². The van der Waals surface area contributed by atoms with Crippen LogP contribution >= 0.6 is 0 Å². The molecule has 1 unspecified atom stereocenters. The second-order valence-electron chi connectivity index (χ2n) is 6.32. The molecule has 3 nitrogen and oxygen atoms in total. The van der Waals surface area contributed by atoms with Crippen molar-refractivity contribution in [3.63, 3.8) is 0 Å². The van der Waals surface area contributed by atoms with Gasteiger partial charge in [0.15, 0.2) is 5.78 Å². The number of hydrogen-bond acceptors (Lipinski definition) is 2. The molecular weight excluding hydrogens is 296 g/mol. The predicted molar refractivity (Wildman–Crippen MR) is 95.6 cm³/mol. The van der Waals surface area contributed by atoms with Crippen LogP contribution in [0.2, 0.25) is 0 Å². The summed E-state index contributed by atoms with van der Waals surface area (Å²) >= 11 is 0. The Morgan fingerprint density at radius 3 is 2.21 bits per heavy atom. The second kappa shape index (κ2) is 6.44. The van der Waals surface area contributed by atoms with E-state index in [-0.39, 0.29) is 6.04 Å². The molecule has 1 saturated carbocycles. The van der Waals surface area contributed by atoms with E-state index in [0.717, 1.165) is 41.9 Å². The minimum absolute atomic E-state index is 0.0843. The molecule has 1 heterocycles. The van der Waals surface area contributed by atoms with Gasteiger partial charge in [0.25, 0.3) is 0 Å². The Balaban J connectivity index is 1.84. The molecule has 1 aliphatic rings. The molecule has 24 heavy (non-hydrogen) atoms. The number of nitrogens with zero attached hydrogens (tertiary/aromatic N) is 2. The Hall–Kier alpha value is -2.68. The monoisotopic (exact) mass is 316 g/mol. The van der Waals surface area contributed by atoms with Crippen molar-refractivity contribution in [2.45, 2.75) is 31.7 Å². The van der Waals surface area contributed by atoms with E-state index in [4.69, 9.17) is 4.98 Å². The van der Waals surface area contributed by atoms with Crippen molar-refractivity contribution in [1.29, 1.82) is 0 Å². The van der Waals surface area contributed by atoms with Crippen LogP contribution < -0.4 is 0 Å². The number of rotatable bonds is 3. The van der Waals surface area contributed by atoms with Crippen molar-refractivity contribution >= 4 is 5.78 Å². The Kier molecular flexibility index (Phi) is 3.99. The van der Waals surface area contributed by atoms with Crippen LogP contribution in [-0.2, 0) is 4.79 Å². The molecular formula is C21H20N2O. The molecule has 120 valence electrons. The first kappa shape index (κ1) is 14.9. The van der Waals surface area contributed by atoms with Crippen LogP contribution in [0.3, 0.4) is 0 Å². The van der Waals surface area contributed by atoms with E-state index in [9.17, 15) is 4.79 Å². The number of benzene rings is 2. The van der Waals surface area contributed by atoms with Crippen LogP contribution in [0, 0.1) is 0 Å². The zero-order chi connectivity index (χ0) is 16.4. The summed E-state index contributed by atoms with van der Waals surface area (Å²) < 4.78 is 2.10. The van der Waals surface area contributed by atoms with E-state index in [1.165, 1.54) is 0 Å². The minimum atomic E-state index is -0.0843. The van der Waals surface area contributed by atoms with Crippen molar-refractivity contribution < 1.29 is 4.79 Å². The highest BCUT2D eigenvalue weighted by molar-refractivity contribution is 5.84. The van der Waals surface area contributed by atoms with Gasteiger partial charge in [-0.3, -0.25) is 4.79 Å². The van der Waals surface area contributed by atoms with Crippen LogP contribution in [0.5, 0.6) is 0 Å². The van der Waals surface area contributed by atoms with E-state index in [1.807, 2.05) is 42.6 Å². The lowest BCUT2D eigenvalue weighted by atomic mass is 9.93. The van der Waals surface area contributed by atoms with E-state index in [2.05, 4.69) is 28.8 Å². The smallest absolute Gasteiger partial charge is 0.155 e. The van der Waals surface area contributed by atoms with E-state index >= 15 is 0 Å². The fourth-order valence-electron chi connectivity index (χ4n) is 3.44. The average Bonchev–Trinajstić information content (AvgIpc) is 3.09. The van der Waals surface area contributed by atoms with Crippen LogP contribution in [0.4, 0.5) is 0 Å². The van der Waals surface area contributed by atoms with E-state index < -0.39 is 0 Å². The summed E-state index contributed by atoms with van der Waals surface area (Å²) in [6.45, 7) is 0. The number of carbonyl (C=O) groups is 1. The zero-order valence-corrected chi connectivity index (χ0v) is 13.6. The maximum Gasteiger partial charge on any atom is 0.155 e. The molecule has 0 amide bonds. The minimum Gasteiger partial charge on any atom is -0.320 e. The maximum absolute atomic E-state index is 12.5. The van der Waals surface area contributed by atoms with E-state index in [1.54, 1.807) is 0 Å². The summed E-state index contributed by atoms with van der Waals surface area (Å²) in [6, 6.07) is 20.2. The number of carbonyl (C=O) groups excluding carboxylic acids is 1. The lowest BCUT2D eigenvalue weighted by Gasteiger charge is -2.23. The summed E-state index contributed by atoms with van der Waals surface area (Å²) in [5.74, 6) is 1.21. The summed E-state index contributed by atoms with van der Waals surface area (Å²) in [4.78, 5) is 17.3. The summed E-state index contributed by atoms with van der Waals surface area (Å²) in [6.07, 6.45) is 5.74. The number of Topliss-reactive ketones (excluding diaryl/α,β-unsaturated/α-hetero) is 1. The van der Waals surface area contributed by atoms with Gasteiger partial charge in [-0.2, -0.15) is 0 Å². The molecule has 0 radical (unpaired) electrons. The molecule has 2 aromatic carbocycles. The zero-order valence-electron chi connectivity index (χ0n) is 13.6. The molecule has 0 bridgehead atoms. The topological polar surface area (TPSA) is 34.9 Å². The number of aromatic nitrogens is 2. The van der Waals surface area contributed by atoms with Crippen molar-refractivity contribution in [1.82, 2.24) is 9.55 Å². The summed E-state index contributed by atoms with van der Waals surface area (Å²) in [5, 5.41) is 0. The van der Waals surface area contributed by atoms with Crippen LogP contribution in [-0.4, -0.2) is 15.3 Å². The normalized spacial score (nSPS) is 17.8. The third-order valence-electron chi connectivity index (χ3n) is 4.69. The molecule has 0 N–H and O–H groups in total. The molecule has 4 rings (SSSR count). The first-order chi connectivity index (χ1) is 11.8. The molecule has 3 aromatic rings. The molecule has 0 aliphatic heterocycles. The summed E-state index contributed by atoms with van der Waals surface area (Å²) in [7, 11) is 0. The van der Waals surface area contributed by atoms with Crippen molar-refractivity contribution in [3.8, 4) is 22.6 Å². The quantitative estimate of drug-likeness (QED) is 0.688. The standard InChI is InChI=1S/C21H20N2O/c24-20-14-8-7-13-19(20)23-15-18(16-9-3-1-4-10-16)22-21(23)17-11-5-2-6-12-17/h1-6,9-12,15,19H,7-8,13-14H2. The Labute approximate surface area is 142 Å². The molecule has 1 atom stereocenters. The SMILES string of the molecule is O=C1CCCCC1n1cc(-c2ccccc2)nc1-c1ccccc1. The number of hydrogen-bond donors (Lipinski definition) is 0. The molecule has 3 heteroatoms. The number of ketones is 1. The van der Waals surface area contributed by atoms with E-state index in [0.29, 0.717) is 12.2 Å². The lowest BCUT2D eigenvalue weighted by molar-refractivity contribution is -0.123. The van der Waals surface area contributed by atoms with Gasteiger partial charge in [0.2, 0.25) is 0 Å². The average molecular weight is 316 g/mol. The van der Waals surface area contributed by atoms with Crippen LogP contribution in [0.1, 0.15) is 31.7 Å². The van der Waals surface area contributed by atoms with Crippen molar-refractivity contribution in [3.05, 3.63) is 66.9 Å². The van der Waals surface area contributed by atoms with Gasteiger partial charge < -0.3 is 4.57 Å². The first-order valence-electron chi connectivity index (χ1n) is 8.55. The van der Waals surface area contributed by atoms with Gasteiger partial charge in [0.05, 0.1) is 11.7 Å². The second-order valence-corrected chi connectivity index (χ2v) is 6.32. The number of imidazole rings is 1. The molecule has 0 spiro atoms. The van der Waals surface area contributed by atoms with Crippen LogP contribution in [0.25, 0.3) is 22.6 Å². The lowest BCUT2D eigenvalue weighted by Crippen LogP contribution is -2.23. The fourth-order valence-corrected chi connectivity index (χ4v) is 3.44. The van der Waals surface area contributed by atoms with Crippen molar-refractivity contribution in [2.24, 2.45) is 0 Å². The Morgan fingerprint density at radius 1 is 0.875 bits per heavy atom. The van der Waals surface area contributed by atoms with Gasteiger partial charge in [-0.15, -0.1) is 0 Å². The van der Waals surface area contributed by atoms with Crippen molar-refractivity contribution in [2.75, 3.05) is 0 Å². The first-order valence-corrected chi connectivity index (χ1v) is 8.55. The van der Waals surface area contributed by atoms with Gasteiger partial charge in [-0.1, -0.05) is 67.1 Å². The highest BCUT2D eigenvalue weighted by Gasteiger charge is 2.27.